The first-order valence-electron chi connectivity index (χ1n) is 28.9. The van der Waals surface area contributed by atoms with E-state index in [1.807, 2.05) is 27.7 Å². The number of carbonyl (C=O) groups is 2. The van der Waals surface area contributed by atoms with Gasteiger partial charge in [0.05, 0.1) is 59.6 Å². The minimum Gasteiger partial charge on any atom is -0.361 e. The molecule has 10 rings (SSSR count). The number of benzene rings is 2. The van der Waals surface area contributed by atoms with E-state index in [4.69, 9.17) is 9.72 Å². The molecule has 460 valence electrons. The van der Waals surface area contributed by atoms with Crippen molar-refractivity contribution in [2.24, 2.45) is 11.8 Å². The lowest BCUT2D eigenvalue weighted by Crippen LogP contribution is -2.40. The van der Waals surface area contributed by atoms with Crippen LogP contribution >= 0.6 is 0 Å². The number of hydrogen-bond acceptors (Lipinski definition) is 11. The molecule has 8 heterocycles. The average Bonchev–Trinajstić information content (AvgIpc) is 1.88. The van der Waals surface area contributed by atoms with E-state index in [1.165, 1.54) is 47.8 Å². The number of ether oxygens (including phenoxy) is 1. The van der Waals surface area contributed by atoms with Crippen molar-refractivity contribution in [1.29, 1.82) is 0 Å². The Morgan fingerprint density at radius 2 is 1.08 bits per heavy atom. The van der Waals surface area contributed by atoms with Crippen molar-refractivity contribution >= 4 is 53.6 Å². The Morgan fingerprint density at radius 3 is 1.58 bits per heavy atom. The maximum absolute atomic E-state index is 13.8. The Labute approximate surface area is 490 Å². The summed E-state index contributed by atoms with van der Waals surface area (Å²) in [5.74, 6) is -0.705. The summed E-state index contributed by atoms with van der Waals surface area (Å²) in [5.41, 5.74) is -0.591. The van der Waals surface area contributed by atoms with Crippen molar-refractivity contribution < 1.29 is 40.7 Å². The SMILES string of the molecule is CCCn1c(=O)c2[nH]c(-c3cnn(CC4CCN(c5cccc(C(F)(F)F)c5)C4=O)c3)nc2n(CCC)c1=O.CCCn1c(=O)c2c(nc(-c3cnn(CC4CCN(c5cccc(C(F)(F)F)c5)C4=O)c3)n2COCC[Si](C)(C)C)n(CCC)c1=O. The smallest absolute Gasteiger partial charge is 0.361 e. The molecule has 2 amide bonds. The van der Waals surface area contributed by atoms with Crippen molar-refractivity contribution in [1.82, 2.24) is 57.3 Å². The van der Waals surface area contributed by atoms with E-state index in [2.05, 4.69) is 39.8 Å². The van der Waals surface area contributed by atoms with Gasteiger partial charge in [-0.2, -0.15) is 36.5 Å². The highest BCUT2D eigenvalue weighted by molar-refractivity contribution is 6.76. The minimum absolute atomic E-state index is 0.0558. The van der Waals surface area contributed by atoms with Crippen LogP contribution in [0.2, 0.25) is 25.7 Å². The van der Waals surface area contributed by atoms with Crippen molar-refractivity contribution in [2.45, 2.75) is 150 Å². The monoisotopic (exact) mass is 1220 g/mol. The number of alkyl halides is 6. The van der Waals surface area contributed by atoms with Crippen LogP contribution in [0.3, 0.4) is 0 Å². The summed E-state index contributed by atoms with van der Waals surface area (Å²) in [6.07, 6.45) is 1.07. The van der Waals surface area contributed by atoms with Gasteiger partial charge in [-0.3, -0.25) is 51.4 Å². The second-order valence-electron chi connectivity index (χ2n) is 22.9. The number of aromatic amines is 1. The average molecular weight is 1220 g/mol. The summed E-state index contributed by atoms with van der Waals surface area (Å²) >= 11 is 0. The van der Waals surface area contributed by atoms with Crippen LogP contribution in [0, 0.1) is 11.8 Å². The molecule has 6 aromatic heterocycles. The first kappa shape index (κ1) is 62.4. The van der Waals surface area contributed by atoms with Gasteiger partial charge >= 0.3 is 23.7 Å². The lowest BCUT2D eigenvalue weighted by molar-refractivity contribution is -0.138. The number of imidazole rings is 2. The Balaban J connectivity index is 0.000000209. The topological polar surface area (TPSA) is 220 Å². The van der Waals surface area contributed by atoms with Gasteiger partial charge in [-0.05, 0) is 81.0 Å². The van der Waals surface area contributed by atoms with Crippen LogP contribution in [0.4, 0.5) is 37.7 Å². The number of nitrogens with one attached hydrogen (secondary N) is 1. The number of amides is 2. The van der Waals surface area contributed by atoms with Gasteiger partial charge in [0.2, 0.25) is 11.8 Å². The molecule has 0 radical (unpaired) electrons. The molecule has 2 unspecified atom stereocenters. The zero-order valence-electron chi connectivity index (χ0n) is 49.0. The standard InChI is InChI=1S/C32H42F3N7O4Si.C26H28F3N7O3/c1-6-12-40-28-26(30(44)41(13-7-2)31(40)45)42(21-46-15-16-47(3,4)5)27(37-28)23-18-36-38(20-23)19-22-11-14-39(29(22)43)25-10-8-9-24(17-25)32(33,34)35;1-3-9-35-22-20(24(38)36(10-4-2)25(35)39)31-21(32-22)17-13-30-33(15-17)14-16-8-11-34(23(16)37)19-7-5-6-18(12-19)26(27,28)29/h8-10,17-18,20,22H,6-7,11-16,19,21H2,1-5H3;5-7,12-13,15-16H,3-4,8-11,14H2,1-2H3,(H,31,32). The Morgan fingerprint density at radius 1 is 0.605 bits per heavy atom. The van der Waals surface area contributed by atoms with Crippen LogP contribution in [-0.2, 0) is 72.7 Å². The van der Waals surface area contributed by atoms with Crippen LogP contribution in [-0.4, -0.2) is 96.9 Å². The lowest BCUT2D eigenvalue weighted by Gasteiger charge is -2.18. The number of halogens is 6. The fraction of sp³-hybridized carbons (Fsp3) is 0.483. The van der Waals surface area contributed by atoms with Gasteiger partial charge in [-0.1, -0.05) is 59.5 Å². The number of rotatable bonds is 21. The second-order valence-corrected chi connectivity index (χ2v) is 28.5. The molecule has 2 saturated heterocycles. The molecule has 2 aromatic carbocycles. The number of hydrogen-bond donors (Lipinski definition) is 1. The van der Waals surface area contributed by atoms with Crippen LogP contribution in [0.25, 0.3) is 45.1 Å². The maximum atomic E-state index is 13.8. The molecule has 0 spiro atoms. The van der Waals surface area contributed by atoms with E-state index in [1.54, 1.807) is 43.3 Å². The third-order valence-electron chi connectivity index (χ3n) is 15.2. The highest BCUT2D eigenvalue weighted by atomic mass is 28.3. The summed E-state index contributed by atoms with van der Waals surface area (Å²) in [6, 6.07) is 10.5. The molecule has 86 heavy (non-hydrogen) atoms. The van der Waals surface area contributed by atoms with Gasteiger partial charge in [0, 0.05) is 77.7 Å². The molecule has 2 fully saturated rings. The molecule has 0 saturated carbocycles. The van der Waals surface area contributed by atoms with Gasteiger partial charge in [0.15, 0.2) is 16.8 Å². The summed E-state index contributed by atoms with van der Waals surface area (Å²) in [6.45, 7) is 17.4. The van der Waals surface area contributed by atoms with Gasteiger partial charge < -0.3 is 19.5 Å². The number of carbonyl (C=O) groups excluding carboxylic acids is 2. The second kappa shape index (κ2) is 25.4. The van der Waals surface area contributed by atoms with E-state index >= 15 is 0 Å². The van der Waals surface area contributed by atoms with Crippen molar-refractivity contribution in [3.05, 3.63) is 126 Å². The predicted octanol–water partition coefficient (Wildman–Crippen LogP) is 9.07. The number of anilines is 2. The molecule has 2 aliphatic rings. The molecular formula is C58H70F6N14O7Si. The molecule has 2 atom stereocenters. The Kier molecular flexibility index (Phi) is 18.5. The van der Waals surface area contributed by atoms with E-state index in [-0.39, 0.29) is 71.9 Å². The Hall–Kier alpha value is -8.14. The van der Waals surface area contributed by atoms with Gasteiger partial charge in [-0.25, -0.2) is 19.6 Å². The summed E-state index contributed by atoms with van der Waals surface area (Å²) in [5, 5.41) is 8.81. The maximum Gasteiger partial charge on any atom is 0.416 e. The fourth-order valence-corrected chi connectivity index (χ4v) is 11.6. The summed E-state index contributed by atoms with van der Waals surface area (Å²) in [7, 11) is -1.38. The van der Waals surface area contributed by atoms with E-state index in [0.29, 0.717) is 101 Å². The van der Waals surface area contributed by atoms with Crippen molar-refractivity contribution in [2.75, 3.05) is 29.5 Å². The molecule has 28 heteroatoms. The zero-order valence-corrected chi connectivity index (χ0v) is 50.0. The number of fused-ring (bicyclic) bond motifs is 2. The Bertz CT molecular complexity index is 4030. The molecule has 8 aromatic rings. The molecule has 0 aliphatic carbocycles. The fourth-order valence-electron chi connectivity index (χ4n) is 10.8. The molecule has 0 bridgehead atoms. The lowest BCUT2D eigenvalue weighted by atomic mass is 10.1. The predicted molar refractivity (Wildman–Crippen MR) is 314 cm³/mol. The van der Waals surface area contributed by atoms with Crippen molar-refractivity contribution in [3.63, 3.8) is 0 Å². The normalized spacial score (nSPS) is 15.9. The number of aromatic nitrogens is 12. The highest BCUT2D eigenvalue weighted by Crippen LogP contribution is 2.36. The van der Waals surface area contributed by atoms with E-state index in [0.717, 1.165) is 30.3 Å². The van der Waals surface area contributed by atoms with Crippen LogP contribution < -0.4 is 32.3 Å². The van der Waals surface area contributed by atoms with Gasteiger partial charge in [0.25, 0.3) is 11.1 Å². The number of H-pyrrole nitrogens is 1. The van der Waals surface area contributed by atoms with E-state index < -0.39 is 65.9 Å². The van der Waals surface area contributed by atoms with Crippen LogP contribution in [0.15, 0.2) is 92.5 Å². The van der Waals surface area contributed by atoms with Gasteiger partial charge in [-0.15, -0.1) is 0 Å². The first-order valence-corrected chi connectivity index (χ1v) is 32.6. The molecular weight excluding hydrogens is 1150 g/mol. The van der Waals surface area contributed by atoms with Crippen LogP contribution in [0.1, 0.15) is 77.3 Å². The minimum atomic E-state index is -4.51. The van der Waals surface area contributed by atoms with Gasteiger partial charge in [0.1, 0.15) is 23.9 Å². The third kappa shape index (κ3) is 13.1. The first-order chi connectivity index (χ1) is 40.8. The van der Waals surface area contributed by atoms with Crippen molar-refractivity contribution in [3.8, 4) is 22.8 Å². The third-order valence-corrected chi connectivity index (χ3v) is 16.9. The molecule has 2 aliphatic heterocycles. The largest absolute Gasteiger partial charge is 0.416 e. The van der Waals surface area contributed by atoms with E-state index in [9.17, 15) is 55.1 Å². The molecule has 21 nitrogen and oxygen atoms in total. The number of nitrogens with zero attached hydrogens (tertiary/aromatic N) is 13. The zero-order chi connectivity index (χ0) is 62.0. The number of aryl methyl sites for hydroxylation is 2. The summed E-state index contributed by atoms with van der Waals surface area (Å²) < 4.78 is 95.7. The highest BCUT2D eigenvalue weighted by Gasteiger charge is 2.38. The quantitative estimate of drug-likeness (QED) is 0.0406. The molecule has 1 N–H and O–H groups in total. The van der Waals surface area contributed by atoms with Crippen LogP contribution in [0.5, 0.6) is 0 Å². The summed E-state index contributed by atoms with van der Waals surface area (Å²) in [4.78, 5) is 94.5.